The first-order chi connectivity index (χ1) is 11.9. The molecule has 0 saturated carbocycles. The maximum atomic E-state index is 11.6. The van der Waals surface area contributed by atoms with Gasteiger partial charge in [0, 0.05) is 26.9 Å². The molecule has 0 bridgehead atoms. The second kappa shape index (κ2) is 13.7. The molecule has 1 atom stereocenters. The number of rotatable bonds is 16. The van der Waals surface area contributed by atoms with Crippen LogP contribution in [0.15, 0.2) is 0 Å². The molecular formula is C16H31N3O6. The topological polar surface area (TPSA) is 120 Å². The van der Waals surface area contributed by atoms with Crippen LogP contribution in [0.2, 0.25) is 0 Å². The Balaban J connectivity index is 4.47. The number of carbonyl (C=O) groups excluding carboxylic acids is 3. The monoisotopic (exact) mass is 361 g/mol. The van der Waals surface area contributed by atoms with Gasteiger partial charge in [-0.2, -0.15) is 0 Å². The second-order valence-corrected chi connectivity index (χ2v) is 5.90. The second-order valence-electron chi connectivity index (χ2n) is 5.90. The Bertz CT molecular complexity index is 405. The lowest BCUT2D eigenvalue weighted by Crippen LogP contribution is -2.55. The van der Waals surface area contributed by atoms with Gasteiger partial charge in [-0.1, -0.05) is 0 Å². The molecule has 9 nitrogen and oxygen atoms in total. The number of likely N-dealkylation sites (N-methyl/N-ethyl adjacent to an activating group) is 1. The summed E-state index contributed by atoms with van der Waals surface area (Å²) in [6.07, 6.45) is 1.50. The lowest BCUT2D eigenvalue weighted by Gasteiger charge is -2.33. The fourth-order valence-electron chi connectivity index (χ4n) is 1.83. The molecule has 9 heteroatoms. The van der Waals surface area contributed by atoms with Crippen LogP contribution in [0.1, 0.15) is 19.3 Å². The molecule has 0 fully saturated rings. The number of nitrogens with zero attached hydrogens (tertiary/aromatic N) is 1. The minimum Gasteiger partial charge on any atom is -0.379 e. The van der Waals surface area contributed by atoms with E-state index in [4.69, 9.17) is 19.9 Å². The van der Waals surface area contributed by atoms with Crippen molar-refractivity contribution in [1.82, 2.24) is 10.2 Å². The number of nitrogens with one attached hydrogen (secondary N) is 1. The summed E-state index contributed by atoms with van der Waals surface area (Å²) in [5.74, 6) is -0.453. The Morgan fingerprint density at radius 3 is 2.00 bits per heavy atom. The van der Waals surface area contributed by atoms with E-state index in [0.29, 0.717) is 13.0 Å². The number of nitrogens with two attached hydrogens (primary N) is 1. The van der Waals surface area contributed by atoms with E-state index in [0.717, 1.165) is 6.29 Å². The first-order valence-electron chi connectivity index (χ1n) is 8.21. The van der Waals surface area contributed by atoms with Crippen molar-refractivity contribution >= 4 is 18.1 Å². The van der Waals surface area contributed by atoms with Gasteiger partial charge in [-0.3, -0.25) is 9.59 Å². The molecule has 0 aliphatic carbocycles. The molecule has 0 aromatic heterocycles. The van der Waals surface area contributed by atoms with E-state index >= 15 is 0 Å². The van der Waals surface area contributed by atoms with Gasteiger partial charge >= 0.3 is 0 Å². The Morgan fingerprint density at radius 1 is 1.04 bits per heavy atom. The molecule has 2 amide bonds. The van der Waals surface area contributed by atoms with Crippen LogP contribution in [0.25, 0.3) is 0 Å². The van der Waals surface area contributed by atoms with Gasteiger partial charge in [-0.15, -0.1) is 0 Å². The maximum Gasteiger partial charge on any atom is 0.224 e. The molecule has 0 aliphatic rings. The van der Waals surface area contributed by atoms with Crippen LogP contribution >= 0.6 is 0 Å². The highest BCUT2D eigenvalue weighted by Gasteiger charge is 2.30. The molecule has 0 aromatic rings. The molecular weight excluding hydrogens is 330 g/mol. The van der Waals surface area contributed by atoms with Crippen molar-refractivity contribution in [3.63, 3.8) is 0 Å². The lowest BCUT2D eigenvalue weighted by molar-refractivity contribution is -0.130. The van der Waals surface area contributed by atoms with Crippen molar-refractivity contribution < 1.29 is 28.6 Å². The highest BCUT2D eigenvalue weighted by molar-refractivity contribution is 5.75. The zero-order valence-electron chi connectivity index (χ0n) is 15.4. The quantitative estimate of drug-likeness (QED) is 0.265. The van der Waals surface area contributed by atoms with Crippen LogP contribution in [-0.4, -0.2) is 89.3 Å². The van der Waals surface area contributed by atoms with E-state index in [-0.39, 0.29) is 51.8 Å². The highest BCUT2D eigenvalue weighted by atomic mass is 16.5. The first kappa shape index (κ1) is 23.4. The summed E-state index contributed by atoms with van der Waals surface area (Å²) in [6.45, 7) is 1.52. The Kier molecular flexibility index (Phi) is 12.9. The van der Waals surface area contributed by atoms with Crippen LogP contribution in [0.3, 0.4) is 0 Å². The molecule has 0 rings (SSSR count). The van der Waals surface area contributed by atoms with Gasteiger partial charge in [0.15, 0.2) is 0 Å². The predicted molar refractivity (Wildman–Crippen MR) is 92.1 cm³/mol. The summed E-state index contributed by atoms with van der Waals surface area (Å²) in [7, 11) is 5.12. The Morgan fingerprint density at radius 2 is 1.56 bits per heavy atom. The van der Waals surface area contributed by atoms with Crippen LogP contribution in [0.4, 0.5) is 0 Å². The van der Waals surface area contributed by atoms with Gasteiger partial charge in [0.2, 0.25) is 11.8 Å². The molecule has 0 aromatic carbocycles. The van der Waals surface area contributed by atoms with Crippen LogP contribution < -0.4 is 11.1 Å². The highest BCUT2D eigenvalue weighted by Crippen LogP contribution is 2.09. The number of carbonyl (C=O) groups is 3. The van der Waals surface area contributed by atoms with Crippen molar-refractivity contribution in [2.75, 3.05) is 60.8 Å². The molecule has 0 radical (unpaired) electrons. The summed E-state index contributed by atoms with van der Waals surface area (Å²) >= 11 is 0. The summed E-state index contributed by atoms with van der Waals surface area (Å²) < 4.78 is 16.6. The van der Waals surface area contributed by atoms with Gasteiger partial charge in [0.05, 0.1) is 51.6 Å². The molecule has 0 spiro atoms. The van der Waals surface area contributed by atoms with E-state index in [1.807, 2.05) is 0 Å². The Labute approximate surface area is 149 Å². The molecule has 0 saturated heterocycles. The number of hydrogen-bond acceptors (Lipinski definition) is 7. The van der Waals surface area contributed by atoms with Crippen LogP contribution in [0.5, 0.6) is 0 Å². The molecule has 0 heterocycles. The van der Waals surface area contributed by atoms with E-state index in [2.05, 4.69) is 5.32 Å². The first-order valence-corrected chi connectivity index (χ1v) is 8.21. The fourth-order valence-corrected chi connectivity index (χ4v) is 1.83. The standard InChI is InChI=1S/C16H31N3O6/c1-18-16(11-23-8-4-7-20,12-24-9-5-14(17)21)13-25-10-6-15(22)19(2)3/h7,18H,4-6,8-13H2,1-3H3,(H2,17,21). The summed E-state index contributed by atoms with van der Waals surface area (Å²) in [5.41, 5.74) is 4.44. The van der Waals surface area contributed by atoms with Crippen molar-refractivity contribution in [2.24, 2.45) is 5.73 Å². The molecule has 0 aliphatic heterocycles. The number of hydrogen-bond donors (Lipinski definition) is 2. The van der Waals surface area contributed by atoms with Crippen molar-refractivity contribution in [2.45, 2.75) is 24.8 Å². The zero-order chi connectivity index (χ0) is 19.1. The third kappa shape index (κ3) is 11.6. The predicted octanol–water partition coefficient (Wildman–Crippen LogP) is -1.06. The maximum absolute atomic E-state index is 11.6. The molecule has 1 unspecified atom stereocenters. The molecule has 146 valence electrons. The van der Waals surface area contributed by atoms with Crippen molar-refractivity contribution in [3.8, 4) is 0 Å². The van der Waals surface area contributed by atoms with E-state index in [1.165, 1.54) is 4.90 Å². The largest absolute Gasteiger partial charge is 0.379 e. The van der Waals surface area contributed by atoms with E-state index in [9.17, 15) is 14.4 Å². The minimum atomic E-state index is -0.651. The number of amides is 2. The van der Waals surface area contributed by atoms with Crippen molar-refractivity contribution in [3.05, 3.63) is 0 Å². The van der Waals surface area contributed by atoms with Crippen LogP contribution in [-0.2, 0) is 28.6 Å². The van der Waals surface area contributed by atoms with E-state index < -0.39 is 11.4 Å². The van der Waals surface area contributed by atoms with Gasteiger partial charge in [0.25, 0.3) is 0 Å². The average molecular weight is 361 g/mol. The van der Waals surface area contributed by atoms with Crippen LogP contribution in [0, 0.1) is 0 Å². The Hall–Kier alpha value is -1.55. The third-order valence-corrected chi connectivity index (χ3v) is 3.50. The SMILES string of the molecule is CNC(COCCC=O)(COCCC(N)=O)COCCC(=O)N(C)C. The zero-order valence-corrected chi connectivity index (χ0v) is 15.4. The number of aldehydes is 1. The third-order valence-electron chi connectivity index (χ3n) is 3.50. The molecule has 3 N–H and O–H groups in total. The lowest BCUT2D eigenvalue weighted by atomic mass is 10.0. The normalized spacial score (nSPS) is 13.2. The van der Waals surface area contributed by atoms with Gasteiger partial charge in [0.1, 0.15) is 6.29 Å². The van der Waals surface area contributed by atoms with Gasteiger partial charge in [-0.05, 0) is 7.05 Å². The van der Waals surface area contributed by atoms with E-state index in [1.54, 1.807) is 21.1 Å². The van der Waals surface area contributed by atoms with Gasteiger partial charge < -0.3 is 35.0 Å². The summed E-state index contributed by atoms with van der Waals surface area (Å²) in [4.78, 5) is 34.2. The fraction of sp³-hybridized carbons (Fsp3) is 0.812. The van der Waals surface area contributed by atoms with Crippen molar-refractivity contribution in [1.29, 1.82) is 0 Å². The minimum absolute atomic E-state index is 0.0185. The average Bonchev–Trinajstić information content (AvgIpc) is 2.58. The number of ether oxygens (including phenoxy) is 3. The van der Waals surface area contributed by atoms with Gasteiger partial charge in [-0.25, -0.2) is 0 Å². The summed E-state index contributed by atoms with van der Waals surface area (Å²) in [5, 5.41) is 3.12. The molecule has 25 heavy (non-hydrogen) atoms. The summed E-state index contributed by atoms with van der Waals surface area (Å²) in [6, 6.07) is 0. The number of primary amides is 1. The smallest absolute Gasteiger partial charge is 0.224 e.